The van der Waals surface area contributed by atoms with Gasteiger partial charge < -0.3 is 15.0 Å². The van der Waals surface area contributed by atoms with E-state index in [0.29, 0.717) is 13.0 Å². The SMILES string of the molecule is CCOC(=O)C(Nc1ccc(N(C)C)cc1)C1CCCCC1=O. The van der Waals surface area contributed by atoms with Crippen LogP contribution in [0.4, 0.5) is 11.4 Å². The Morgan fingerprint density at radius 2 is 2.00 bits per heavy atom. The first kappa shape index (κ1) is 17.3. The number of rotatable bonds is 6. The van der Waals surface area contributed by atoms with Crippen molar-refractivity contribution in [2.45, 2.75) is 38.6 Å². The van der Waals surface area contributed by atoms with Crippen LogP contribution in [0, 0.1) is 5.92 Å². The van der Waals surface area contributed by atoms with Crippen LogP contribution >= 0.6 is 0 Å². The van der Waals surface area contributed by atoms with Crippen LogP contribution in [-0.4, -0.2) is 38.5 Å². The summed E-state index contributed by atoms with van der Waals surface area (Å²) in [5.41, 5.74) is 1.91. The molecule has 2 atom stereocenters. The van der Waals surface area contributed by atoms with E-state index >= 15 is 0 Å². The third-order valence-corrected chi connectivity index (χ3v) is 4.25. The number of carbonyl (C=O) groups excluding carboxylic acids is 2. The van der Waals surface area contributed by atoms with Gasteiger partial charge in [0.25, 0.3) is 0 Å². The summed E-state index contributed by atoms with van der Waals surface area (Å²) in [6, 6.07) is 7.21. The van der Waals surface area contributed by atoms with Crippen molar-refractivity contribution in [1.82, 2.24) is 0 Å². The number of esters is 1. The second-order valence-corrected chi connectivity index (χ2v) is 6.13. The zero-order chi connectivity index (χ0) is 16.8. The molecule has 2 unspecified atom stereocenters. The first-order chi connectivity index (χ1) is 11.0. The first-order valence-corrected chi connectivity index (χ1v) is 8.26. The lowest BCUT2D eigenvalue weighted by Gasteiger charge is -2.29. The Labute approximate surface area is 138 Å². The number of carbonyl (C=O) groups is 2. The molecule has 0 spiro atoms. The Bertz CT molecular complexity index is 540. The van der Waals surface area contributed by atoms with Crippen LogP contribution in [0.2, 0.25) is 0 Å². The number of ketones is 1. The molecule has 23 heavy (non-hydrogen) atoms. The molecule has 0 aromatic heterocycles. The third-order valence-electron chi connectivity index (χ3n) is 4.25. The predicted molar refractivity (Wildman–Crippen MR) is 91.8 cm³/mol. The van der Waals surface area contributed by atoms with E-state index in [-0.39, 0.29) is 17.7 Å². The van der Waals surface area contributed by atoms with E-state index in [2.05, 4.69) is 5.32 Å². The van der Waals surface area contributed by atoms with Gasteiger partial charge in [-0.05, 0) is 44.0 Å². The maximum Gasteiger partial charge on any atom is 0.329 e. The highest BCUT2D eigenvalue weighted by atomic mass is 16.5. The highest BCUT2D eigenvalue weighted by Crippen LogP contribution is 2.27. The molecule has 1 aromatic carbocycles. The number of nitrogens with one attached hydrogen (secondary N) is 1. The Hall–Kier alpha value is -2.04. The van der Waals surface area contributed by atoms with Crippen molar-refractivity contribution in [3.8, 4) is 0 Å². The standard InChI is InChI=1S/C18H26N2O3/c1-4-23-18(22)17(15-7-5-6-8-16(15)21)19-13-9-11-14(12-10-13)20(2)3/h9-12,15,17,19H,4-8H2,1-3H3. The van der Waals surface area contributed by atoms with Crippen LogP contribution < -0.4 is 10.2 Å². The lowest BCUT2D eigenvalue weighted by molar-refractivity contribution is -0.147. The van der Waals surface area contributed by atoms with Crippen molar-refractivity contribution in [1.29, 1.82) is 0 Å². The van der Waals surface area contributed by atoms with Crippen molar-refractivity contribution in [2.75, 3.05) is 30.9 Å². The average Bonchev–Trinajstić information content (AvgIpc) is 2.54. The van der Waals surface area contributed by atoms with Gasteiger partial charge in [-0.2, -0.15) is 0 Å². The molecule has 0 radical (unpaired) electrons. The van der Waals surface area contributed by atoms with Crippen molar-refractivity contribution >= 4 is 23.1 Å². The Balaban J connectivity index is 2.16. The molecule has 0 aliphatic heterocycles. The molecule has 5 nitrogen and oxygen atoms in total. The largest absolute Gasteiger partial charge is 0.464 e. The lowest BCUT2D eigenvalue weighted by Crippen LogP contribution is -2.43. The van der Waals surface area contributed by atoms with Gasteiger partial charge in [-0.25, -0.2) is 4.79 Å². The fourth-order valence-corrected chi connectivity index (χ4v) is 2.95. The minimum Gasteiger partial charge on any atom is -0.464 e. The van der Waals surface area contributed by atoms with Crippen molar-refractivity contribution < 1.29 is 14.3 Å². The molecule has 2 rings (SSSR count). The van der Waals surface area contributed by atoms with Crippen LogP contribution in [0.5, 0.6) is 0 Å². The summed E-state index contributed by atoms with van der Waals surface area (Å²) in [6.45, 7) is 2.10. The Morgan fingerprint density at radius 3 is 2.57 bits per heavy atom. The van der Waals surface area contributed by atoms with Crippen LogP contribution in [-0.2, 0) is 14.3 Å². The average molecular weight is 318 g/mol. The summed E-state index contributed by atoms with van der Waals surface area (Å²) in [5.74, 6) is -0.479. The topological polar surface area (TPSA) is 58.6 Å². The minimum absolute atomic E-state index is 0.159. The van der Waals surface area contributed by atoms with Crippen LogP contribution in [0.15, 0.2) is 24.3 Å². The van der Waals surface area contributed by atoms with Crippen molar-refractivity contribution in [2.24, 2.45) is 5.92 Å². The van der Waals surface area contributed by atoms with Gasteiger partial charge in [0.2, 0.25) is 0 Å². The van der Waals surface area contributed by atoms with Gasteiger partial charge in [0.1, 0.15) is 11.8 Å². The van der Waals surface area contributed by atoms with Gasteiger partial charge in [-0.1, -0.05) is 6.42 Å². The summed E-state index contributed by atoms with van der Waals surface area (Å²) in [4.78, 5) is 26.6. The molecule has 1 aromatic rings. The van der Waals surface area contributed by atoms with Crippen molar-refractivity contribution in [3.05, 3.63) is 24.3 Å². The minimum atomic E-state index is -0.604. The van der Waals surface area contributed by atoms with Gasteiger partial charge >= 0.3 is 5.97 Å². The summed E-state index contributed by atoms with van der Waals surface area (Å²) in [7, 11) is 3.95. The smallest absolute Gasteiger partial charge is 0.329 e. The van der Waals surface area contributed by atoms with Crippen LogP contribution in [0.25, 0.3) is 0 Å². The molecule has 1 aliphatic rings. The number of ether oxygens (including phenoxy) is 1. The number of hydrogen-bond donors (Lipinski definition) is 1. The molecule has 5 heteroatoms. The molecule has 1 fully saturated rings. The highest BCUT2D eigenvalue weighted by Gasteiger charge is 2.35. The quantitative estimate of drug-likeness (QED) is 0.817. The van der Waals surface area contributed by atoms with Gasteiger partial charge in [0, 0.05) is 37.8 Å². The number of nitrogens with zero attached hydrogens (tertiary/aromatic N) is 1. The number of hydrogen-bond acceptors (Lipinski definition) is 5. The monoisotopic (exact) mass is 318 g/mol. The van der Waals surface area contributed by atoms with Gasteiger partial charge in [-0.3, -0.25) is 4.79 Å². The van der Waals surface area contributed by atoms with E-state index in [1.165, 1.54) is 0 Å². The number of anilines is 2. The summed E-state index contributed by atoms with van der Waals surface area (Å²) >= 11 is 0. The first-order valence-electron chi connectivity index (χ1n) is 8.26. The maximum atomic E-state index is 12.3. The highest BCUT2D eigenvalue weighted by molar-refractivity contribution is 5.91. The molecule has 126 valence electrons. The summed E-state index contributed by atoms with van der Waals surface area (Å²) in [5, 5.41) is 3.22. The summed E-state index contributed by atoms with van der Waals surface area (Å²) < 4.78 is 5.18. The van der Waals surface area contributed by atoms with Crippen molar-refractivity contribution in [3.63, 3.8) is 0 Å². The van der Waals surface area contributed by atoms with E-state index in [0.717, 1.165) is 30.6 Å². The zero-order valence-electron chi connectivity index (χ0n) is 14.2. The normalized spacial score (nSPS) is 19.1. The molecular formula is C18H26N2O3. The fraction of sp³-hybridized carbons (Fsp3) is 0.556. The van der Waals surface area contributed by atoms with E-state index in [1.807, 2.05) is 43.3 Å². The molecule has 1 saturated carbocycles. The van der Waals surface area contributed by atoms with Gasteiger partial charge in [0.05, 0.1) is 6.61 Å². The second-order valence-electron chi connectivity index (χ2n) is 6.13. The van der Waals surface area contributed by atoms with E-state index in [9.17, 15) is 9.59 Å². The molecule has 0 amide bonds. The second kappa shape index (κ2) is 7.99. The van der Waals surface area contributed by atoms with E-state index < -0.39 is 6.04 Å². The molecule has 0 saturated heterocycles. The lowest BCUT2D eigenvalue weighted by atomic mass is 9.82. The predicted octanol–water partition coefficient (Wildman–Crippen LogP) is 2.86. The van der Waals surface area contributed by atoms with Crippen LogP contribution in [0.3, 0.4) is 0 Å². The zero-order valence-corrected chi connectivity index (χ0v) is 14.2. The molecule has 1 N–H and O–H groups in total. The summed E-state index contributed by atoms with van der Waals surface area (Å²) in [6.07, 6.45) is 3.20. The molecule has 0 bridgehead atoms. The van der Waals surface area contributed by atoms with E-state index in [4.69, 9.17) is 4.74 Å². The fourth-order valence-electron chi connectivity index (χ4n) is 2.95. The molecular weight excluding hydrogens is 292 g/mol. The maximum absolute atomic E-state index is 12.3. The molecule has 1 aliphatic carbocycles. The third kappa shape index (κ3) is 4.47. The Kier molecular flexibility index (Phi) is 6.02. The van der Waals surface area contributed by atoms with E-state index in [1.54, 1.807) is 6.92 Å². The van der Waals surface area contributed by atoms with Gasteiger partial charge in [-0.15, -0.1) is 0 Å². The number of benzene rings is 1. The molecule has 0 heterocycles. The van der Waals surface area contributed by atoms with Gasteiger partial charge in [0.15, 0.2) is 0 Å². The number of Topliss-reactive ketones (excluding diaryl/α,β-unsaturated/α-hetero) is 1. The van der Waals surface area contributed by atoms with Crippen LogP contribution in [0.1, 0.15) is 32.6 Å². The Morgan fingerprint density at radius 1 is 1.30 bits per heavy atom.